The highest BCUT2D eigenvalue weighted by Gasteiger charge is 2.02. The molecule has 0 aromatic heterocycles. The van der Waals surface area contributed by atoms with Crippen molar-refractivity contribution in [3.8, 4) is 0 Å². The van der Waals surface area contributed by atoms with Crippen LogP contribution in [0, 0.1) is 0 Å². The predicted octanol–water partition coefficient (Wildman–Crippen LogP) is 6.15. The lowest BCUT2D eigenvalue weighted by Crippen LogP contribution is -1.84. The number of para-hydroxylation sites is 1. The van der Waals surface area contributed by atoms with Gasteiger partial charge in [0.05, 0.1) is 5.69 Å². The van der Waals surface area contributed by atoms with Crippen molar-refractivity contribution in [2.75, 3.05) is 0 Å². The van der Waals surface area contributed by atoms with Gasteiger partial charge >= 0.3 is 0 Å². The van der Waals surface area contributed by atoms with Gasteiger partial charge in [0, 0.05) is 16.0 Å². The van der Waals surface area contributed by atoms with Crippen LogP contribution in [0.25, 0.3) is 0 Å². The third kappa shape index (κ3) is 4.33. The second-order valence-corrected chi connectivity index (χ2v) is 6.35. The molecule has 0 atom stereocenters. The van der Waals surface area contributed by atoms with Gasteiger partial charge in [-0.3, -0.25) is 4.99 Å². The molecule has 0 spiro atoms. The van der Waals surface area contributed by atoms with E-state index in [1.807, 2.05) is 18.3 Å². The van der Waals surface area contributed by atoms with Crippen LogP contribution in [0.3, 0.4) is 0 Å². The molecule has 0 aliphatic heterocycles. The molecule has 0 aliphatic rings. The van der Waals surface area contributed by atoms with Gasteiger partial charge in [0.25, 0.3) is 0 Å². The summed E-state index contributed by atoms with van der Waals surface area (Å²) in [6.45, 7) is 2.17. The fraction of sp³-hybridized carbons (Fsp3) is 0.0952. The van der Waals surface area contributed by atoms with Crippen LogP contribution in [0.4, 0.5) is 5.69 Å². The first-order chi connectivity index (χ1) is 11.3. The highest BCUT2D eigenvalue weighted by Crippen LogP contribution is 2.34. The van der Waals surface area contributed by atoms with E-state index in [0.717, 1.165) is 17.7 Å². The number of aryl methyl sites for hydroxylation is 1. The lowest BCUT2D eigenvalue weighted by molar-refractivity contribution is 1.14. The second kappa shape index (κ2) is 7.80. The predicted molar refractivity (Wildman–Crippen MR) is 100 cm³/mol. The number of nitrogens with zero attached hydrogens (tertiary/aromatic N) is 1. The molecular weight excluding hydrogens is 298 g/mol. The molecule has 2 heteroatoms. The standard InChI is InChI=1S/C21H19NS/c1-2-17-12-14-18(15-13-17)16-22-20-10-6-7-11-21(20)23-19-8-4-3-5-9-19/h3-16H,2H2,1H3. The van der Waals surface area contributed by atoms with Gasteiger partial charge in [-0.1, -0.05) is 73.3 Å². The third-order valence-electron chi connectivity index (χ3n) is 3.58. The quantitative estimate of drug-likeness (QED) is 0.514. The van der Waals surface area contributed by atoms with Crippen molar-refractivity contribution in [3.63, 3.8) is 0 Å². The lowest BCUT2D eigenvalue weighted by Gasteiger charge is -2.05. The van der Waals surface area contributed by atoms with E-state index in [2.05, 4.69) is 78.6 Å². The maximum Gasteiger partial charge on any atom is 0.0769 e. The summed E-state index contributed by atoms with van der Waals surface area (Å²) in [7, 11) is 0. The van der Waals surface area contributed by atoms with E-state index < -0.39 is 0 Å². The van der Waals surface area contributed by atoms with Crippen LogP contribution in [-0.4, -0.2) is 6.21 Å². The van der Waals surface area contributed by atoms with E-state index in [1.54, 1.807) is 11.8 Å². The number of hydrogen-bond donors (Lipinski definition) is 0. The summed E-state index contributed by atoms with van der Waals surface area (Å²) in [5, 5.41) is 0. The summed E-state index contributed by atoms with van der Waals surface area (Å²) >= 11 is 1.74. The molecule has 3 rings (SSSR count). The molecule has 0 aliphatic carbocycles. The van der Waals surface area contributed by atoms with Gasteiger partial charge in [-0.25, -0.2) is 0 Å². The zero-order chi connectivity index (χ0) is 15.9. The van der Waals surface area contributed by atoms with E-state index in [1.165, 1.54) is 15.4 Å². The fourth-order valence-corrected chi connectivity index (χ4v) is 3.17. The molecule has 0 amide bonds. The number of benzene rings is 3. The SMILES string of the molecule is CCc1ccc(C=Nc2ccccc2Sc2ccccc2)cc1. The number of aliphatic imine (C=N–C) groups is 1. The van der Waals surface area contributed by atoms with Gasteiger partial charge in [-0.05, 0) is 41.8 Å². The Bertz CT molecular complexity index is 776. The molecule has 0 saturated carbocycles. The maximum atomic E-state index is 4.68. The molecule has 114 valence electrons. The van der Waals surface area contributed by atoms with Crippen molar-refractivity contribution in [1.29, 1.82) is 0 Å². The molecule has 23 heavy (non-hydrogen) atoms. The second-order valence-electron chi connectivity index (χ2n) is 5.24. The first kappa shape index (κ1) is 15.6. The van der Waals surface area contributed by atoms with Crippen LogP contribution in [-0.2, 0) is 6.42 Å². The zero-order valence-corrected chi connectivity index (χ0v) is 14.0. The Morgan fingerprint density at radius 3 is 2.26 bits per heavy atom. The zero-order valence-electron chi connectivity index (χ0n) is 13.1. The molecule has 0 radical (unpaired) electrons. The van der Waals surface area contributed by atoms with Crippen LogP contribution in [0.1, 0.15) is 18.1 Å². The summed E-state index contributed by atoms with van der Waals surface area (Å²) in [5.41, 5.74) is 3.48. The molecule has 0 saturated heterocycles. The Kier molecular flexibility index (Phi) is 5.28. The number of hydrogen-bond acceptors (Lipinski definition) is 2. The van der Waals surface area contributed by atoms with E-state index in [9.17, 15) is 0 Å². The Labute approximate surface area is 142 Å². The van der Waals surface area contributed by atoms with Crippen LogP contribution in [0.15, 0.2) is 93.6 Å². The average Bonchev–Trinajstić information content (AvgIpc) is 2.62. The highest BCUT2D eigenvalue weighted by atomic mass is 32.2. The Hall–Kier alpha value is -2.32. The summed E-state index contributed by atoms with van der Waals surface area (Å²) in [6, 6.07) is 27.2. The molecule has 0 fully saturated rings. The molecule has 0 heterocycles. The van der Waals surface area contributed by atoms with E-state index in [-0.39, 0.29) is 0 Å². The van der Waals surface area contributed by atoms with Crippen molar-refractivity contribution in [3.05, 3.63) is 90.0 Å². The summed E-state index contributed by atoms with van der Waals surface area (Å²) in [4.78, 5) is 7.07. The van der Waals surface area contributed by atoms with Gasteiger partial charge < -0.3 is 0 Å². The van der Waals surface area contributed by atoms with Gasteiger partial charge in [-0.2, -0.15) is 0 Å². The van der Waals surface area contributed by atoms with Crippen LogP contribution in [0.2, 0.25) is 0 Å². The Morgan fingerprint density at radius 2 is 1.52 bits per heavy atom. The normalized spacial score (nSPS) is 11.0. The smallest absolute Gasteiger partial charge is 0.0769 e. The van der Waals surface area contributed by atoms with Gasteiger partial charge in [0.2, 0.25) is 0 Å². The Balaban J connectivity index is 1.80. The van der Waals surface area contributed by atoms with Crippen molar-refractivity contribution < 1.29 is 0 Å². The molecule has 3 aromatic rings. The van der Waals surface area contributed by atoms with Crippen molar-refractivity contribution in [1.82, 2.24) is 0 Å². The topological polar surface area (TPSA) is 12.4 Å². The molecule has 0 unspecified atom stereocenters. The van der Waals surface area contributed by atoms with E-state index in [0.29, 0.717) is 0 Å². The van der Waals surface area contributed by atoms with Crippen molar-refractivity contribution in [2.45, 2.75) is 23.1 Å². The van der Waals surface area contributed by atoms with Crippen molar-refractivity contribution >= 4 is 23.7 Å². The molecule has 1 nitrogen and oxygen atoms in total. The molecule has 0 bridgehead atoms. The van der Waals surface area contributed by atoms with Crippen LogP contribution >= 0.6 is 11.8 Å². The largest absolute Gasteiger partial charge is 0.255 e. The van der Waals surface area contributed by atoms with Crippen LogP contribution in [0.5, 0.6) is 0 Å². The minimum Gasteiger partial charge on any atom is -0.255 e. The molecular formula is C21H19NS. The van der Waals surface area contributed by atoms with Crippen molar-refractivity contribution in [2.24, 2.45) is 4.99 Å². The Morgan fingerprint density at radius 1 is 0.826 bits per heavy atom. The monoisotopic (exact) mass is 317 g/mol. The van der Waals surface area contributed by atoms with Gasteiger partial charge in [0.1, 0.15) is 0 Å². The van der Waals surface area contributed by atoms with Crippen LogP contribution < -0.4 is 0 Å². The van der Waals surface area contributed by atoms with Gasteiger partial charge in [0.15, 0.2) is 0 Å². The van der Waals surface area contributed by atoms with E-state index in [4.69, 9.17) is 0 Å². The summed E-state index contributed by atoms with van der Waals surface area (Å²) < 4.78 is 0. The minimum atomic E-state index is 1.00. The molecule has 3 aromatic carbocycles. The maximum absolute atomic E-state index is 4.68. The highest BCUT2D eigenvalue weighted by molar-refractivity contribution is 7.99. The van der Waals surface area contributed by atoms with E-state index >= 15 is 0 Å². The third-order valence-corrected chi connectivity index (χ3v) is 4.65. The summed E-state index contributed by atoms with van der Waals surface area (Å²) in [6.07, 6.45) is 3.00. The minimum absolute atomic E-state index is 1.00. The number of rotatable bonds is 5. The average molecular weight is 317 g/mol. The van der Waals surface area contributed by atoms with Gasteiger partial charge in [-0.15, -0.1) is 0 Å². The molecule has 0 N–H and O–H groups in total. The fourth-order valence-electron chi connectivity index (χ4n) is 2.25. The first-order valence-corrected chi connectivity index (χ1v) is 8.62. The summed E-state index contributed by atoms with van der Waals surface area (Å²) in [5.74, 6) is 0. The first-order valence-electron chi connectivity index (χ1n) is 7.80. The lowest BCUT2D eigenvalue weighted by atomic mass is 10.1.